The summed E-state index contributed by atoms with van der Waals surface area (Å²) in [7, 11) is 0. The minimum absolute atomic E-state index is 0.159. The Balaban J connectivity index is 2.29. The average Bonchev–Trinajstić information content (AvgIpc) is 2.65. The molecule has 1 unspecified atom stereocenters. The summed E-state index contributed by atoms with van der Waals surface area (Å²) in [6.07, 6.45) is 5.02. The molecule has 2 heterocycles. The van der Waals surface area contributed by atoms with E-state index in [1.807, 2.05) is 0 Å². The van der Waals surface area contributed by atoms with Gasteiger partial charge in [0.15, 0.2) is 0 Å². The van der Waals surface area contributed by atoms with Crippen LogP contribution in [-0.2, 0) is 0 Å². The van der Waals surface area contributed by atoms with E-state index < -0.39 is 0 Å². The topological polar surface area (TPSA) is 51.8 Å². The van der Waals surface area contributed by atoms with Crippen molar-refractivity contribution in [2.45, 2.75) is 13.0 Å². The lowest BCUT2D eigenvalue weighted by atomic mass is 10.1. The maximum atomic E-state index is 6.03. The van der Waals surface area contributed by atoms with E-state index in [0.29, 0.717) is 0 Å². The van der Waals surface area contributed by atoms with Crippen molar-refractivity contribution >= 4 is 11.3 Å². The van der Waals surface area contributed by atoms with Crippen LogP contribution in [0.15, 0.2) is 30.0 Å². The van der Waals surface area contributed by atoms with Crippen LogP contribution in [0.4, 0.5) is 0 Å². The van der Waals surface area contributed by atoms with Crippen LogP contribution in [0.5, 0.6) is 0 Å². The lowest BCUT2D eigenvalue weighted by molar-refractivity contribution is 0.821. The van der Waals surface area contributed by atoms with Crippen LogP contribution < -0.4 is 5.73 Å². The molecule has 2 N–H and O–H groups in total. The Kier molecular flexibility index (Phi) is 2.56. The van der Waals surface area contributed by atoms with Crippen LogP contribution in [0.1, 0.15) is 22.2 Å². The fraction of sp³-hybridized carbons (Fsp3) is 0.200. The van der Waals surface area contributed by atoms with Crippen molar-refractivity contribution in [3.8, 4) is 0 Å². The minimum atomic E-state index is -0.159. The highest BCUT2D eigenvalue weighted by Crippen LogP contribution is 2.22. The molecule has 2 rings (SSSR count). The number of thiophene rings is 1. The molecule has 72 valence electrons. The minimum Gasteiger partial charge on any atom is -0.319 e. The van der Waals surface area contributed by atoms with E-state index >= 15 is 0 Å². The first kappa shape index (κ1) is 9.30. The summed E-state index contributed by atoms with van der Waals surface area (Å²) in [5.74, 6) is 0. The monoisotopic (exact) mass is 205 g/mol. The lowest BCUT2D eigenvalue weighted by Crippen LogP contribution is -2.12. The van der Waals surface area contributed by atoms with Gasteiger partial charge in [0.25, 0.3) is 0 Å². The predicted octanol–water partition coefficient (Wildman–Crippen LogP) is 1.89. The fourth-order valence-corrected chi connectivity index (χ4v) is 2.01. The van der Waals surface area contributed by atoms with Crippen LogP contribution in [0.2, 0.25) is 0 Å². The largest absolute Gasteiger partial charge is 0.319 e. The number of rotatable bonds is 2. The summed E-state index contributed by atoms with van der Waals surface area (Å²) in [5, 5.41) is 2.06. The molecule has 0 spiro atoms. The van der Waals surface area contributed by atoms with Gasteiger partial charge in [0.1, 0.15) is 0 Å². The van der Waals surface area contributed by atoms with Gasteiger partial charge < -0.3 is 5.73 Å². The summed E-state index contributed by atoms with van der Waals surface area (Å²) >= 11 is 1.70. The summed E-state index contributed by atoms with van der Waals surface area (Å²) in [4.78, 5) is 9.44. The van der Waals surface area contributed by atoms with Gasteiger partial charge in [0.2, 0.25) is 0 Å². The second-order valence-corrected chi connectivity index (χ2v) is 4.21. The zero-order valence-electron chi connectivity index (χ0n) is 7.84. The molecule has 4 heteroatoms. The molecule has 1 atom stereocenters. The molecule has 0 amide bonds. The summed E-state index contributed by atoms with van der Waals surface area (Å²) in [5.41, 5.74) is 7.95. The molecule has 0 aliphatic heterocycles. The standard InChI is InChI=1S/C10H11N3S/c1-7-4-8(6-14-7)10(11)9-5-12-2-3-13-9/h2-6,10H,11H2,1H3. The van der Waals surface area contributed by atoms with Crippen molar-refractivity contribution in [2.24, 2.45) is 5.73 Å². The summed E-state index contributed by atoms with van der Waals surface area (Å²) < 4.78 is 0. The van der Waals surface area contributed by atoms with E-state index in [1.54, 1.807) is 29.9 Å². The highest BCUT2D eigenvalue weighted by Gasteiger charge is 2.10. The second-order valence-electron chi connectivity index (χ2n) is 3.10. The molecule has 2 aromatic heterocycles. The molecule has 0 fully saturated rings. The molecule has 14 heavy (non-hydrogen) atoms. The number of nitrogens with zero attached hydrogens (tertiary/aromatic N) is 2. The van der Waals surface area contributed by atoms with Crippen LogP contribution >= 0.6 is 11.3 Å². The van der Waals surface area contributed by atoms with E-state index in [4.69, 9.17) is 5.73 Å². The summed E-state index contributed by atoms with van der Waals surface area (Å²) in [6, 6.07) is 1.93. The van der Waals surface area contributed by atoms with Gasteiger partial charge in [-0.05, 0) is 23.9 Å². The van der Waals surface area contributed by atoms with Gasteiger partial charge in [-0.3, -0.25) is 9.97 Å². The van der Waals surface area contributed by atoms with Gasteiger partial charge in [-0.2, -0.15) is 0 Å². The number of nitrogens with two attached hydrogens (primary N) is 1. The maximum absolute atomic E-state index is 6.03. The first-order valence-corrected chi connectivity index (χ1v) is 5.22. The van der Waals surface area contributed by atoms with Gasteiger partial charge >= 0.3 is 0 Å². The Morgan fingerprint density at radius 1 is 1.43 bits per heavy atom. The molecule has 0 aromatic carbocycles. The van der Waals surface area contributed by atoms with E-state index in [9.17, 15) is 0 Å². The Bertz CT molecular complexity index is 410. The number of aromatic nitrogens is 2. The molecular weight excluding hydrogens is 194 g/mol. The molecule has 0 saturated heterocycles. The first-order chi connectivity index (χ1) is 6.77. The van der Waals surface area contributed by atoms with Crippen molar-refractivity contribution in [1.82, 2.24) is 9.97 Å². The van der Waals surface area contributed by atoms with E-state index in [0.717, 1.165) is 11.3 Å². The second kappa shape index (κ2) is 3.86. The van der Waals surface area contributed by atoms with Crippen LogP contribution in [0, 0.1) is 6.92 Å². The van der Waals surface area contributed by atoms with Gasteiger partial charge in [0.05, 0.1) is 17.9 Å². The zero-order chi connectivity index (χ0) is 9.97. The maximum Gasteiger partial charge on any atom is 0.0799 e. The number of hydrogen-bond donors (Lipinski definition) is 1. The third-order valence-electron chi connectivity index (χ3n) is 2.01. The smallest absolute Gasteiger partial charge is 0.0799 e. The van der Waals surface area contributed by atoms with Gasteiger partial charge in [-0.1, -0.05) is 0 Å². The quantitative estimate of drug-likeness (QED) is 0.814. The molecule has 0 aliphatic carbocycles. The molecule has 0 radical (unpaired) electrons. The molecular formula is C10H11N3S. The van der Waals surface area contributed by atoms with Gasteiger partial charge in [0, 0.05) is 17.3 Å². The number of hydrogen-bond acceptors (Lipinski definition) is 4. The highest BCUT2D eigenvalue weighted by molar-refractivity contribution is 7.10. The highest BCUT2D eigenvalue weighted by atomic mass is 32.1. The normalized spacial score (nSPS) is 12.7. The van der Waals surface area contributed by atoms with Crippen molar-refractivity contribution in [3.05, 3.63) is 46.2 Å². The third-order valence-corrected chi connectivity index (χ3v) is 2.89. The average molecular weight is 205 g/mol. The van der Waals surface area contributed by atoms with Crippen molar-refractivity contribution in [3.63, 3.8) is 0 Å². The van der Waals surface area contributed by atoms with Crippen molar-refractivity contribution in [1.29, 1.82) is 0 Å². The Hall–Kier alpha value is -1.26. The number of aryl methyl sites for hydroxylation is 1. The van der Waals surface area contributed by atoms with Crippen LogP contribution in [0.3, 0.4) is 0 Å². The molecule has 3 nitrogen and oxygen atoms in total. The van der Waals surface area contributed by atoms with E-state index in [1.165, 1.54) is 4.88 Å². The van der Waals surface area contributed by atoms with E-state index in [-0.39, 0.29) is 6.04 Å². The van der Waals surface area contributed by atoms with Crippen molar-refractivity contribution < 1.29 is 0 Å². The van der Waals surface area contributed by atoms with Crippen molar-refractivity contribution in [2.75, 3.05) is 0 Å². The Morgan fingerprint density at radius 2 is 2.29 bits per heavy atom. The Labute approximate surface area is 86.6 Å². The summed E-state index contributed by atoms with van der Waals surface area (Å²) in [6.45, 7) is 2.07. The van der Waals surface area contributed by atoms with Gasteiger partial charge in [-0.25, -0.2) is 0 Å². The SMILES string of the molecule is Cc1cc(C(N)c2cnccn2)cs1. The van der Waals surface area contributed by atoms with E-state index in [2.05, 4.69) is 28.3 Å². The zero-order valence-corrected chi connectivity index (χ0v) is 8.66. The first-order valence-electron chi connectivity index (χ1n) is 4.34. The molecule has 0 aliphatic rings. The van der Waals surface area contributed by atoms with Gasteiger partial charge in [-0.15, -0.1) is 11.3 Å². The lowest BCUT2D eigenvalue weighted by Gasteiger charge is -2.07. The molecule has 2 aromatic rings. The Morgan fingerprint density at radius 3 is 2.86 bits per heavy atom. The van der Waals surface area contributed by atoms with Crippen LogP contribution in [-0.4, -0.2) is 9.97 Å². The molecule has 0 saturated carbocycles. The third kappa shape index (κ3) is 1.81. The predicted molar refractivity (Wildman–Crippen MR) is 57.1 cm³/mol. The fourth-order valence-electron chi connectivity index (χ4n) is 1.27. The molecule has 0 bridgehead atoms. The van der Waals surface area contributed by atoms with Crippen LogP contribution in [0.25, 0.3) is 0 Å².